The van der Waals surface area contributed by atoms with Gasteiger partial charge in [-0.1, -0.05) is 18.2 Å². The molecule has 0 N–H and O–H groups in total. The van der Waals surface area contributed by atoms with E-state index < -0.39 is 16.7 Å². The first-order chi connectivity index (χ1) is 14.3. The minimum Gasteiger partial charge on any atom is -0.419 e. The van der Waals surface area contributed by atoms with Gasteiger partial charge in [-0.3, -0.25) is 15.0 Å². The van der Waals surface area contributed by atoms with Crippen LogP contribution in [0.3, 0.4) is 0 Å². The van der Waals surface area contributed by atoms with Gasteiger partial charge in [-0.05, 0) is 36.6 Å². The molecule has 1 fully saturated rings. The summed E-state index contributed by atoms with van der Waals surface area (Å²) in [5.74, 6) is 0.478. The molecule has 4 rings (SSSR count). The summed E-state index contributed by atoms with van der Waals surface area (Å²) in [7, 11) is 0. The lowest BCUT2D eigenvalue weighted by atomic mass is 10.1. The van der Waals surface area contributed by atoms with Gasteiger partial charge < -0.3 is 4.42 Å². The molecule has 0 aliphatic heterocycles. The van der Waals surface area contributed by atoms with Crippen LogP contribution in [-0.4, -0.2) is 26.1 Å². The maximum Gasteiger partial charge on any atom is 0.416 e. The van der Waals surface area contributed by atoms with E-state index >= 15 is 0 Å². The average molecular weight is 418 g/mol. The monoisotopic (exact) mass is 418 g/mol. The number of benzene rings is 2. The van der Waals surface area contributed by atoms with Crippen molar-refractivity contribution in [3.8, 4) is 11.5 Å². The molecule has 0 unspecified atom stereocenters. The van der Waals surface area contributed by atoms with Gasteiger partial charge in [0, 0.05) is 30.3 Å². The fraction of sp³-hybridized carbons (Fsp3) is 0.300. The number of nitro benzene ring substituents is 1. The number of hydrogen-bond acceptors (Lipinski definition) is 6. The van der Waals surface area contributed by atoms with E-state index in [4.69, 9.17) is 4.42 Å². The molecule has 1 aromatic heterocycles. The van der Waals surface area contributed by atoms with Crippen molar-refractivity contribution in [3.05, 3.63) is 75.7 Å². The van der Waals surface area contributed by atoms with Crippen LogP contribution < -0.4 is 0 Å². The summed E-state index contributed by atoms with van der Waals surface area (Å²) in [5, 5.41) is 18.7. The van der Waals surface area contributed by atoms with Crippen molar-refractivity contribution in [2.75, 3.05) is 0 Å². The lowest BCUT2D eigenvalue weighted by molar-refractivity contribution is -0.384. The Bertz CT molecular complexity index is 1050. The summed E-state index contributed by atoms with van der Waals surface area (Å²) < 4.78 is 45.6. The standard InChI is InChI=1S/C20H17F3N4O3/c21-20(22,23)17-4-2-1-3-14(17)11-26(15-9-10-15)12-18-24-25-19(30-18)13-5-7-16(8-6-13)27(28)29/h1-8,15H,9-12H2. The van der Waals surface area contributed by atoms with E-state index in [-0.39, 0.29) is 42.2 Å². The van der Waals surface area contributed by atoms with Gasteiger partial charge >= 0.3 is 6.18 Å². The third-order valence-electron chi connectivity index (χ3n) is 4.89. The van der Waals surface area contributed by atoms with E-state index in [0.29, 0.717) is 5.56 Å². The fourth-order valence-electron chi connectivity index (χ4n) is 3.24. The number of nitrogens with zero attached hydrogens (tertiary/aromatic N) is 4. The second-order valence-corrected chi connectivity index (χ2v) is 7.10. The van der Waals surface area contributed by atoms with Crippen LogP contribution in [0.4, 0.5) is 18.9 Å². The SMILES string of the molecule is O=[N+]([O-])c1ccc(-c2nnc(CN(Cc3ccccc3C(F)(F)F)C3CC3)o2)cc1. The molecule has 0 bridgehead atoms. The van der Waals surface area contributed by atoms with E-state index in [1.807, 2.05) is 4.90 Å². The molecule has 10 heteroatoms. The van der Waals surface area contributed by atoms with Crippen molar-refractivity contribution in [2.24, 2.45) is 0 Å². The maximum absolute atomic E-state index is 13.3. The second-order valence-electron chi connectivity index (χ2n) is 7.10. The first kappa shape index (κ1) is 20.0. The quantitative estimate of drug-likeness (QED) is 0.404. The molecule has 1 heterocycles. The molecular weight excluding hydrogens is 401 g/mol. The van der Waals surface area contributed by atoms with Crippen molar-refractivity contribution in [2.45, 2.75) is 38.1 Å². The van der Waals surface area contributed by atoms with Gasteiger partial charge in [-0.2, -0.15) is 13.2 Å². The molecule has 0 spiro atoms. The van der Waals surface area contributed by atoms with E-state index in [9.17, 15) is 23.3 Å². The van der Waals surface area contributed by atoms with Crippen molar-refractivity contribution in [1.82, 2.24) is 15.1 Å². The predicted molar refractivity (Wildman–Crippen MR) is 100 cm³/mol. The highest BCUT2D eigenvalue weighted by Crippen LogP contribution is 2.35. The molecule has 30 heavy (non-hydrogen) atoms. The number of non-ortho nitro benzene ring substituents is 1. The normalized spacial score (nSPS) is 14.3. The summed E-state index contributed by atoms with van der Waals surface area (Å²) in [6.07, 6.45) is -2.62. The summed E-state index contributed by atoms with van der Waals surface area (Å²) in [5.41, 5.74) is 0.0289. The molecular formula is C20H17F3N4O3. The summed E-state index contributed by atoms with van der Waals surface area (Å²) in [6.45, 7) is 0.340. The molecule has 1 aliphatic carbocycles. The molecule has 7 nitrogen and oxygen atoms in total. The molecule has 0 atom stereocenters. The van der Waals surface area contributed by atoms with E-state index in [1.165, 1.54) is 36.4 Å². The molecule has 0 radical (unpaired) electrons. The van der Waals surface area contributed by atoms with E-state index in [1.54, 1.807) is 6.07 Å². The maximum atomic E-state index is 13.3. The Morgan fingerprint density at radius 3 is 2.40 bits per heavy atom. The van der Waals surface area contributed by atoms with Gasteiger partial charge in [-0.15, -0.1) is 10.2 Å². The van der Waals surface area contributed by atoms with Crippen LogP contribution in [-0.2, 0) is 19.3 Å². The largest absolute Gasteiger partial charge is 0.419 e. The minimum absolute atomic E-state index is 0.0540. The summed E-state index contributed by atoms with van der Waals surface area (Å²) >= 11 is 0. The molecule has 156 valence electrons. The van der Waals surface area contributed by atoms with Crippen LogP contribution in [0.1, 0.15) is 29.9 Å². The first-order valence-electron chi connectivity index (χ1n) is 9.27. The number of halogens is 3. The van der Waals surface area contributed by atoms with Gasteiger partial charge in [-0.25, -0.2) is 0 Å². The van der Waals surface area contributed by atoms with Crippen LogP contribution >= 0.6 is 0 Å². The lowest BCUT2D eigenvalue weighted by Gasteiger charge is -2.22. The van der Waals surface area contributed by atoms with Crippen molar-refractivity contribution >= 4 is 5.69 Å². The summed E-state index contributed by atoms with van der Waals surface area (Å²) in [4.78, 5) is 12.2. The molecule has 2 aromatic carbocycles. The fourth-order valence-corrected chi connectivity index (χ4v) is 3.24. The number of nitro groups is 1. The zero-order valence-electron chi connectivity index (χ0n) is 15.7. The molecule has 0 amide bonds. The van der Waals surface area contributed by atoms with Gasteiger partial charge in [0.15, 0.2) is 0 Å². The van der Waals surface area contributed by atoms with Gasteiger partial charge in [0.05, 0.1) is 17.0 Å². The van der Waals surface area contributed by atoms with E-state index in [2.05, 4.69) is 10.2 Å². The van der Waals surface area contributed by atoms with Gasteiger partial charge in [0.1, 0.15) is 0 Å². The topological polar surface area (TPSA) is 85.3 Å². The minimum atomic E-state index is -4.42. The number of rotatable bonds is 7. The Labute approximate surface area is 169 Å². The van der Waals surface area contributed by atoms with Crippen molar-refractivity contribution < 1.29 is 22.5 Å². The Kier molecular flexibility index (Phi) is 5.25. The molecule has 1 saturated carbocycles. The third-order valence-corrected chi connectivity index (χ3v) is 4.89. The average Bonchev–Trinajstić information content (AvgIpc) is 3.46. The highest BCUT2D eigenvalue weighted by molar-refractivity contribution is 5.55. The van der Waals surface area contributed by atoms with Gasteiger partial charge in [0.2, 0.25) is 11.8 Å². The van der Waals surface area contributed by atoms with Crippen LogP contribution in [0.25, 0.3) is 11.5 Å². The highest BCUT2D eigenvalue weighted by Gasteiger charge is 2.36. The molecule has 0 saturated heterocycles. The molecule has 1 aliphatic rings. The van der Waals surface area contributed by atoms with Crippen LogP contribution in [0, 0.1) is 10.1 Å². The first-order valence-corrected chi connectivity index (χ1v) is 9.27. The number of aromatic nitrogens is 2. The Balaban J connectivity index is 1.51. The Hall–Kier alpha value is -3.27. The molecule has 3 aromatic rings. The smallest absolute Gasteiger partial charge is 0.416 e. The zero-order valence-corrected chi connectivity index (χ0v) is 15.7. The number of alkyl halides is 3. The highest BCUT2D eigenvalue weighted by atomic mass is 19.4. The Morgan fingerprint density at radius 1 is 1.07 bits per heavy atom. The third kappa shape index (κ3) is 4.48. The van der Waals surface area contributed by atoms with Crippen LogP contribution in [0.2, 0.25) is 0 Å². The second kappa shape index (κ2) is 7.86. The van der Waals surface area contributed by atoms with Crippen LogP contribution in [0.15, 0.2) is 52.9 Å². The zero-order chi connectivity index (χ0) is 21.3. The Morgan fingerprint density at radius 2 is 1.77 bits per heavy atom. The lowest BCUT2D eigenvalue weighted by Crippen LogP contribution is -2.26. The number of hydrogen-bond donors (Lipinski definition) is 0. The van der Waals surface area contributed by atoms with Gasteiger partial charge in [0.25, 0.3) is 5.69 Å². The summed E-state index contributed by atoms with van der Waals surface area (Å²) in [6, 6.07) is 11.4. The van der Waals surface area contributed by atoms with Crippen LogP contribution in [0.5, 0.6) is 0 Å². The van der Waals surface area contributed by atoms with E-state index in [0.717, 1.165) is 18.9 Å². The predicted octanol–water partition coefficient (Wildman–Crippen LogP) is 4.83. The van der Waals surface area contributed by atoms with Crippen molar-refractivity contribution in [3.63, 3.8) is 0 Å². The van der Waals surface area contributed by atoms with Crippen molar-refractivity contribution in [1.29, 1.82) is 0 Å².